The first-order valence-corrected chi connectivity index (χ1v) is 17.2. The third-order valence-corrected chi connectivity index (χ3v) is 7.76. The lowest BCUT2D eigenvalue weighted by atomic mass is 10.1. The van der Waals surface area contributed by atoms with Gasteiger partial charge in [0.15, 0.2) is 0 Å². The second-order valence-corrected chi connectivity index (χ2v) is 11.7. The molecule has 4 heteroatoms. The Morgan fingerprint density at radius 3 is 0.868 bits per heavy atom. The first-order valence-electron chi connectivity index (χ1n) is 17.2. The second-order valence-electron chi connectivity index (χ2n) is 11.7. The minimum Gasteiger partial charge on any atom is -0.356 e. The fourth-order valence-corrected chi connectivity index (χ4v) is 5.14. The van der Waals surface area contributed by atoms with E-state index >= 15 is 0 Å². The Kier molecular flexibility index (Phi) is 31.3. The molecule has 0 atom stereocenters. The van der Waals surface area contributed by atoms with E-state index in [-0.39, 0.29) is 11.8 Å². The van der Waals surface area contributed by atoms with Gasteiger partial charge in [0.2, 0.25) is 11.8 Å². The SMILES string of the molecule is CCCCCCCCCCCCCC(=O)NCCCCCCNC(=O)CCCCCCCCCCCCC. The third-order valence-electron chi connectivity index (χ3n) is 7.76. The molecular weight excluding hydrogens is 468 g/mol. The Morgan fingerprint density at radius 2 is 0.579 bits per heavy atom. The van der Waals surface area contributed by atoms with Gasteiger partial charge in [0.25, 0.3) is 0 Å². The number of nitrogens with one attached hydrogen (secondary N) is 2. The predicted octanol–water partition coefficient (Wildman–Crippen LogP) is 10.2. The molecule has 226 valence electrons. The first-order chi connectivity index (χ1) is 18.7. The lowest BCUT2D eigenvalue weighted by Gasteiger charge is -2.07. The highest BCUT2D eigenvalue weighted by atomic mass is 16.2. The summed E-state index contributed by atoms with van der Waals surface area (Å²) in [5.74, 6) is 0.436. The Bertz CT molecular complexity index is 451. The fourth-order valence-electron chi connectivity index (χ4n) is 5.14. The van der Waals surface area contributed by atoms with Gasteiger partial charge in [0, 0.05) is 25.9 Å². The van der Waals surface area contributed by atoms with Crippen molar-refractivity contribution in [1.29, 1.82) is 0 Å². The number of hydrogen-bond donors (Lipinski definition) is 2. The van der Waals surface area contributed by atoms with E-state index in [2.05, 4.69) is 24.5 Å². The van der Waals surface area contributed by atoms with Crippen molar-refractivity contribution >= 4 is 11.8 Å². The number of amides is 2. The van der Waals surface area contributed by atoms with Gasteiger partial charge in [0.05, 0.1) is 0 Å². The van der Waals surface area contributed by atoms with Gasteiger partial charge in [0.1, 0.15) is 0 Å². The van der Waals surface area contributed by atoms with Crippen LogP contribution in [-0.2, 0) is 9.59 Å². The van der Waals surface area contributed by atoms with Crippen LogP contribution in [0.2, 0.25) is 0 Å². The molecule has 0 fully saturated rings. The van der Waals surface area contributed by atoms with Crippen LogP contribution in [0.4, 0.5) is 0 Å². The average Bonchev–Trinajstić information content (AvgIpc) is 2.91. The highest BCUT2D eigenvalue weighted by Crippen LogP contribution is 2.13. The summed E-state index contributed by atoms with van der Waals surface area (Å²) in [7, 11) is 0. The minimum atomic E-state index is 0.218. The van der Waals surface area contributed by atoms with E-state index < -0.39 is 0 Å². The number of rotatable bonds is 31. The monoisotopic (exact) mass is 537 g/mol. The van der Waals surface area contributed by atoms with Gasteiger partial charge in [-0.05, 0) is 25.7 Å². The predicted molar refractivity (Wildman–Crippen MR) is 167 cm³/mol. The highest BCUT2D eigenvalue weighted by molar-refractivity contribution is 5.76. The summed E-state index contributed by atoms with van der Waals surface area (Å²) in [6.45, 7) is 6.13. The molecule has 0 aliphatic rings. The molecule has 0 saturated carbocycles. The van der Waals surface area contributed by atoms with Gasteiger partial charge in [-0.2, -0.15) is 0 Å². The van der Waals surface area contributed by atoms with Crippen molar-refractivity contribution in [3.63, 3.8) is 0 Å². The zero-order chi connectivity index (χ0) is 27.8. The summed E-state index contributed by atoms with van der Waals surface area (Å²) in [5.41, 5.74) is 0. The topological polar surface area (TPSA) is 58.2 Å². The van der Waals surface area contributed by atoms with E-state index in [9.17, 15) is 9.59 Å². The van der Waals surface area contributed by atoms with Crippen molar-refractivity contribution in [3.05, 3.63) is 0 Å². The zero-order valence-electron chi connectivity index (χ0n) is 26.0. The molecule has 0 unspecified atom stereocenters. The quantitative estimate of drug-likeness (QED) is 0.0866. The van der Waals surface area contributed by atoms with Gasteiger partial charge in [-0.1, -0.05) is 155 Å². The first kappa shape index (κ1) is 36.9. The number of carbonyl (C=O) groups excluding carboxylic acids is 2. The molecular formula is C34H68N2O2. The molecule has 2 amide bonds. The standard InChI is InChI=1S/C34H68N2O2/c1-3-5-7-9-11-13-15-17-19-21-25-29-33(37)35-31-27-23-24-28-32-36-34(38)30-26-22-20-18-16-14-12-10-8-6-4-2/h3-32H2,1-2H3,(H,35,37)(H,36,38). The molecule has 0 bridgehead atoms. The van der Waals surface area contributed by atoms with Crippen molar-refractivity contribution in [2.45, 2.75) is 194 Å². The molecule has 0 aromatic heterocycles. The molecule has 0 aliphatic carbocycles. The van der Waals surface area contributed by atoms with Crippen molar-refractivity contribution in [2.75, 3.05) is 13.1 Å². The van der Waals surface area contributed by atoms with Gasteiger partial charge in [-0.25, -0.2) is 0 Å². The summed E-state index contributed by atoms with van der Waals surface area (Å²) >= 11 is 0. The Morgan fingerprint density at radius 1 is 0.342 bits per heavy atom. The van der Waals surface area contributed by atoms with Crippen molar-refractivity contribution in [1.82, 2.24) is 10.6 Å². The maximum Gasteiger partial charge on any atom is 0.219 e. The minimum absolute atomic E-state index is 0.218. The van der Waals surface area contributed by atoms with Gasteiger partial charge in [-0.3, -0.25) is 9.59 Å². The highest BCUT2D eigenvalue weighted by Gasteiger charge is 2.02. The molecule has 2 N–H and O–H groups in total. The lowest BCUT2D eigenvalue weighted by Crippen LogP contribution is -2.24. The molecule has 0 rings (SSSR count). The molecule has 0 heterocycles. The van der Waals surface area contributed by atoms with Gasteiger partial charge >= 0.3 is 0 Å². The maximum absolute atomic E-state index is 12.0. The summed E-state index contributed by atoms with van der Waals surface area (Å²) in [5, 5.41) is 6.15. The van der Waals surface area contributed by atoms with Gasteiger partial charge < -0.3 is 10.6 Å². The van der Waals surface area contributed by atoms with E-state index in [4.69, 9.17) is 0 Å². The lowest BCUT2D eigenvalue weighted by molar-refractivity contribution is -0.122. The smallest absolute Gasteiger partial charge is 0.219 e. The van der Waals surface area contributed by atoms with Crippen LogP contribution in [0.25, 0.3) is 0 Å². The Hall–Kier alpha value is -1.06. The Labute approximate surface area is 238 Å². The van der Waals surface area contributed by atoms with E-state index in [0.717, 1.165) is 51.6 Å². The molecule has 0 spiro atoms. The van der Waals surface area contributed by atoms with Crippen LogP contribution < -0.4 is 10.6 Å². The van der Waals surface area contributed by atoms with Crippen molar-refractivity contribution in [2.24, 2.45) is 0 Å². The number of carbonyl (C=O) groups is 2. The average molecular weight is 537 g/mol. The molecule has 0 aromatic carbocycles. The largest absolute Gasteiger partial charge is 0.356 e. The zero-order valence-corrected chi connectivity index (χ0v) is 26.0. The molecule has 38 heavy (non-hydrogen) atoms. The molecule has 4 nitrogen and oxygen atoms in total. The molecule has 0 saturated heterocycles. The van der Waals surface area contributed by atoms with Crippen LogP contribution in [0.1, 0.15) is 194 Å². The molecule has 0 aliphatic heterocycles. The molecule has 0 aromatic rings. The van der Waals surface area contributed by atoms with Crippen LogP contribution in [0.3, 0.4) is 0 Å². The Balaban J connectivity index is 3.25. The van der Waals surface area contributed by atoms with E-state index in [1.54, 1.807) is 0 Å². The number of unbranched alkanes of at least 4 members (excludes halogenated alkanes) is 23. The van der Waals surface area contributed by atoms with Crippen molar-refractivity contribution < 1.29 is 9.59 Å². The van der Waals surface area contributed by atoms with E-state index in [1.165, 1.54) is 128 Å². The number of hydrogen-bond acceptors (Lipinski definition) is 2. The summed E-state index contributed by atoms with van der Waals surface area (Å²) in [6, 6.07) is 0. The van der Waals surface area contributed by atoms with E-state index in [0.29, 0.717) is 12.8 Å². The normalized spacial score (nSPS) is 11.1. The summed E-state index contributed by atoms with van der Waals surface area (Å²) < 4.78 is 0. The maximum atomic E-state index is 12.0. The van der Waals surface area contributed by atoms with Crippen LogP contribution in [0.5, 0.6) is 0 Å². The van der Waals surface area contributed by atoms with Crippen LogP contribution in [-0.4, -0.2) is 24.9 Å². The molecule has 0 radical (unpaired) electrons. The third kappa shape index (κ3) is 31.2. The summed E-state index contributed by atoms with van der Waals surface area (Å²) in [6.07, 6.45) is 34.7. The van der Waals surface area contributed by atoms with E-state index in [1.807, 2.05) is 0 Å². The summed E-state index contributed by atoms with van der Waals surface area (Å²) in [4.78, 5) is 23.9. The van der Waals surface area contributed by atoms with Gasteiger partial charge in [-0.15, -0.1) is 0 Å². The van der Waals surface area contributed by atoms with Crippen LogP contribution >= 0.6 is 0 Å². The van der Waals surface area contributed by atoms with Crippen LogP contribution in [0.15, 0.2) is 0 Å². The van der Waals surface area contributed by atoms with Crippen molar-refractivity contribution in [3.8, 4) is 0 Å². The fraction of sp³-hybridized carbons (Fsp3) is 0.941. The van der Waals surface area contributed by atoms with Crippen LogP contribution in [0, 0.1) is 0 Å². The second kappa shape index (κ2) is 32.2.